The van der Waals surface area contributed by atoms with Gasteiger partial charge in [0.25, 0.3) is 0 Å². The van der Waals surface area contributed by atoms with Crippen LogP contribution >= 0.6 is 0 Å². The molecule has 1 aliphatic rings. The SMILES string of the molecule is O=C(Nc1ccccc1)OCC1CO1. The molecule has 1 fully saturated rings. The van der Waals surface area contributed by atoms with E-state index in [0.29, 0.717) is 13.2 Å². The fourth-order valence-electron chi connectivity index (χ4n) is 1.01. The van der Waals surface area contributed by atoms with Gasteiger partial charge < -0.3 is 9.47 Å². The summed E-state index contributed by atoms with van der Waals surface area (Å²) in [5.41, 5.74) is 0.731. The summed E-state index contributed by atoms with van der Waals surface area (Å²) in [5, 5.41) is 2.61. The van der Waals surface area contributed by atoms with Gasteiger partial charge in [-0.15, -0.1) is 0 Å². The van der Waals surface area contributed by atoms with Crippen molar-refractivity contribution in [1.82, 2.24) is 0 Å². The lowest BCUT2D eigenvalue weighted by atomic mass is 10.3. The third-order valence-electron chi connectivity index (χ3n) is 1.82. The maximum absolute atomic E-state index is 11.2. The number of hydrogen-bond acceptors (Lipinski definition) is 3. The van der Waals surface area contributed by atoms with Crippen LogP contribution in [-0.2, 0) is 9.47 Å². The van der Waals surface area contributed by atoms with E-state index in [1.54, 1.807) is 12.1 Å². The average molecular weight is 193 g/mol. The fourth-order valence-corrected chi connectivity index (χ4v) is 1.01. The van der Waals surface area contributed by atoms with Gasteiger partial charge in [-0.2, -0.15) is 0 Å². The van der Waals surface area contributed by atoms with E-state index in [2.05, 4.69) is 5.32 Å². The van der Waals surface area contributed by atoms with Gasteiger partial charge in [-0.3, -0.25) is 5.32 Å². The van der Waals surface area contributed by atoms with Crippen LogP contribution in [-0.4, -0.2) is 25.4 Å². The first-order valence-electron chi connectivity index (χ1n) is 4.45. The fraction of sp³-hybridized carbons (Fsp3) is 0.300. The predicted molar refractivity (Wildman–Crippen MR) is 51.2 cm³/mol. The largest absolute Gasteiger partial charge is 0.446 e. The maximum Gasteiger partial charge on any atom is 0.411 e. The summed E-state index contributed by atoms with van der Waals surface area (Å²) in [6.07, 6.45) is -0.330. The van der Waals surface area contributed by atoms with E-state index < -0.39 is 6.09 Å². The summed E-state index contributed by atoms with van der Waals surface area (Å²) in [5.74, 6) is 0. The number of hydrogen-bond donors (Lipinski definition) is 1. The molecule has 1 unspecified atom stereocenters. The molecule has 4 heteroatoms. The number of epoxide rings is 1. The zero-order valence-corrected chi connectivity index (χ0v) is 7.60. The molecule has 0 saturated carbocycles. The maximum atomic E-state index is 11.2. The van der Waals surface area contributed by atoms with Crippen molar-refractivity contribution in [3.8, 4) is 0 Å². The molecule has 1 amide bonds. The molecule has 0 radical (unpaired) electrons. The molecule has 74 valence electrons. The summed E-state index contributed by atoms with van der Waals surface area (Å²) in [4.78, 5) is 11.2. The number of rotatable bonds is 3. The molecule has 1 saturated heterocycles. The number of nitrogens with one attached hydrogen (secondary N) is 1. The minimum absolute atomic E-state index is 0.108. The van der Waals surface area contributed by atoms with Crippen molar-refractivity contribution < 1.29 is 14.3 Å². The lowest BCUT2D eigenvalue weighted by molar-refractivity contribution is 0.150. The van der Waals surface area contributed by atoms with E-state index >= 15 is 0 Å². The van der Waals surface area contributed by atoms with E-state index in [4.69, 9.17) is 9.47 Å². The third kappa shape index (κ3) is 2.74. The van der Waals surface area contributed by atoms with E-state index in [1.807, 2.05) is 18.2 Å². The second kappa shape index (κ2) is 4.11. The number of ether oxygens (including phenoxy) is 2. The lowest BCUT2D eigenvalue weighted by Gasteiger charge is -2.04. The molecule has 2 rings (SSSR count). The van der Waals surface area contributed by atoms with Gasteiger partial charge in [0.15, 0.2) is 0 Å². The van der Waals surface area contributed by atoms with Crippen LogP contribution in [0.1, 0.15) is 0 Å². The number of para-hydroxylation sites is 1. The number of benzene rings is 1. The second-order valence-electron chi connectivity index (χ2n) is 3.04. The molecule has 0 spiro atoms. The van der Waals surface area contributed by atoms with Gasteiger partial charge in [0.1, 0.15) is 12.7 Å². The monoisotopic (exact) mass is 193 g/mol. The summed E-state index contributed by atoms with van der Waals surface area (Å²) < 4.78 is 9.80. The molecule has 1 heterocycles. The highest BCUT2D eigenvalue weighted by molar-refractivity contribution is 5.84. The van der Waals surface area contributed by atoms with Crippen LogP contribution in [0.4, 0.5) is 10.5 Å². The molecule has 14 heavy (non-hydrogen) atoms. The van der Waals surface area contributed by atoms with Gasteiger partial charge in [-0.1, -0.05) is 18.2 Å². The smallest absolute Gasteiger partial charge is 0.411 e. The third-order valence-corrected chi connectivity index (χ3v) is 1.82. The molecule has 1 aliphatic heterocycles. The second-order valence-corrected chi connectivity index (χ2v) is 3.04. The lowest BCUT2D eigenvalue weighted by Crippen LogP contribution is -2.16. The van der Waals surface area contributed by atoms with Crippen LogP contribution in [0.2, 0.25) is 0 Å². The molecule has 1 aromatic carbocycles. The van der Waals surface area contributed by atoms with Crippen molar-refractivity contribution in [3.05, 3.63) is 30.3 Å². The zero-order valence-electron chi connectivity index (χ0n) is 7.60. The van der Waals surface area contributed by atoms with Gasteiger partial charge in [0.05, 0.1) is 6.61 Å². The van der Waals surface area contributed by atoms with Crippen molar-refractivity contribution in [1.29, 1.82) is 0 Å². The molecule has 1 atom stereocenters. The Bertz CT molecular complexity index is 308. The highest BCUT2D eigenvalue weighted by Crippen LogP contribution is 2.10. The standard InChI is InChI=1S/C10H11NO3/c12-10(14-7-9-6-13-9)11-8-4-2-1-3-5-8/h1-5,9H,6-7H2,(H,11,12). The molecule has 0 aromatic heterocycles. The van der Waals surface area contributed by atoms with Gasteiger partial charge in [0.2, 0.25) is 0 Å². The van der Waals surface area contributed by atoms with Crippen LogP contribution in [0.15, 0.2) is 30.3 Å². The number of anilines is 1. The van der Waals surface area contributed by atoms with Gasteiger partial charge in [-0.05, 0) is 12.1 Å². The van der Waals surface area contributed by atoms with Gasteiger partial charge in [0, 0.05) is 5.69 Å². The zero-order chi connectivity index (χ0) is 9.80. The Labute approximate surface area is 81.8 Å². The Hall–Kier alpha value is -1.55. The normalized spacial score (nSPS) is 18.7. The average Bonchev–Trinajstić information content (AvgIpc) is 3.00. The molecule has 0 bridgehead atoms. The topological polar surface area (TPSA) is 50.9 Å². The van der Waals surface area contributed by atoms with E-state index in [-0.39, 0.29) is 6.10 Å². The van der Waals surface area contributed by atoms with Crippen molar-refractivity contribution in [2.75, 3.05) is 18.5 Å². The minimum atomic E-state index is -0.438. The Morgan fingerprint density at radius 1 is 1.50 bits per heavy atom. The summed E-state index contributed by atoms with van der Waals surface area (Å²) >= 11 is 0. The van der Waals surface area contributed by atoms with E-state index in [9.17, 15) is 4.79 Å². The molecule has 0 aliphatic carbocycles. The number of carbonyl (C=O) groups excluding carboxylic acids is 1. The first kappa shape index (κ1) is 9.02. The highest BCUT2D eigenvalue weighted by atomic mass is 16.6. The van der Waals surface area contributed by atoms with Crippen molar-refractivity contribution >= 4 is 11.8 Å². The Morgan fingerprint density at radius 2 is 2.21 bits per heavy atom. The molecule has 4 nitrogen and oxygen atoms in total. The van der Waals surface area contributed by atoms with Gasteiger partial charge in [-0.25, -0.2) is 4.79 Å². The highest BCUT2D eigenvalue weighted by Gasteiger charge is 2.24. The number of carbonyl (C=O) groups is 1. The number of amides is 1. The van der Waals surface area contributed by atoms with Gasteiger partial charge >= 0.3 is 6.09 Å². The molecule has 1 N–H and O–H groups in total. The van der Waals surface area contributed by atoms with E-state index in [0.717, 1.165) is 5.69 Å². The molecule has 1 aromatic rings. The Morgan fingerprint density at radius 3 is 2.86 bits per heavy atom. The summed E-state index contributed by atoms with van der Waals surface area (Å²) in [6, 6.07) is 9.18. The summed E-state index contributed by atoms with van der Waals surface area (Å²) in [7, 11) is 0. The Kier molecular flexibility index (Phi) is 2.65. The van der Waals surface area contributed by atoms with Crippen molar-refractivity contribution in [3.63, 3.8) is 0 Å². The summed E-state index contributed by atoms with van der Waals surface area (Å²) in [6.45, 7) is 1.03. The Balaban J connectivity index is 1.76. The first-order chi connectivity index (χ1) is 6.84. The predicted octanol–water partition coefficient (Wildman–Crippen LogP) is 1.63. The van der Waals surface area contributed by atoms with Crippen molar-refractivity contribution in [2.24, 2.45) is 0 Å². The first-order valence-corrected chi connectivity index (χ1v) is 4.45. The van der Waals surface area contributed by atoms with Crippen molar-refractivity contribution in [2.45, 2.75) is 6.10 Å². The van der Waals surface area contributed by atoms with Crippen LogP contribution in [0.25, 0.3) is 0 Å². The van der Waals surface area contributed by atoms with E-state index in [1.165, 1.54) is 0 Å². The minimum Gasteiger partial charge on any atom is -0.446 e. The van der Waals surface area contributed by atoms with Crippen LogP contribution in [0.5, 0.6) is 0 Å². The van der Waals surface area contributed by atoms with Crippen LogP contribution in [0.3, 0.4) is 0 Å². The molecular weight excluding hydrogens is 182 g/mol. The van der Waals surface area contributed by atoms with Crippen LogP contribution in [0, 0.1) is 0 Å². The quantitative estimate of drug-likeness (QED) is 0.742. The van der Waals surface area contributed by atoms with Crippen LogP contribution < -0.4 is 5.32 Å². The molecular formula is C10H11NO3.